The van der Waals surface area contributed by atoms with Gasteiger partial charge in [-0.05, 0) is 59.0 Å². The third-order valence-electron chi connectivity index (χ3n) is 3.43. The van der Waals surface area contributed by atoms with Gasteiger partial charge in [-0.3, -0.25) is 0 Å². The lowest BCUT2D eigenvalue weighted by molar-refractivity contribution is 0.795. The SMILES string of the molecule is NCc1cc(Br)cc(N(Cc2ccsc2)C2CC2)c1. The van der Waals surface area contributed by atoms with Crippen molar-refractivity contribution in [2.24, 2.45) is 5.73 Å². The Morgan fingerprint density at radius 2 is 2.11 bits per heavy atom. The van der Waals surface area contributed by atoms with E-state index in [9.17, 15) is 0 Å². The van der Waals surface area contributed by atoms with Gasteiger partial charge in [-0.15, -0.1) is 0 Å². The first kappa shape index (κ1) is 13.2. The van der Waals surface area contributed by atoms with Gasteiger partial charge in [0, 0.05) is 29.3 Å². The number of nitrogens with zero attached hydrogens (tertiary/aromatic N) is 1. The Kier molecular flexibility index (Phi) is 3.91. The fraction of sp³-hybridized carbons (Fsp3) is 0.333. The molecule has 3 rings (SSSR count). The second-order valence-electron chi connectivity index (χ2n) is 5.01. The van der Waals surface area contributed by atoms with Crippen LogP contribution >= 0.6 is 27.3 Å². The third-order valence-corrected chi connectivity index (χ3v) is 4.62. The number of rotatable bonds is 5. The molecule has 4 heteroatoms. The van der Waals surface area contributed by atoms with Crippen molar-refractivity contribution >= 4 is 33.0 Å². The molecular formula is C15H17BrN2S. The summed E-state index contributed by atoms with van der Waals surface area (Å²) in [7, 11) is 0. The van der Waals surface area contributed by atoms with Crippen molar-refractivity contribution < 1.29 is 0 Å². The Labute approximate surface area is 126 Å². The molecule has 0 saturated heterocycles. The zero-order valence-corrected chi connectivity index (χ0v) is 13.1. The summed E-state index contributed by atoms with van der Waals surface area (Å²) in [6.07, 6.45) is 2.60. The van der Waals surface area contributed by atoms with Crippen molar-refractivity contribution in [2.75, 3.05) is 4.90 Å². The third kappa shape index (κ3) is 3.19. The second-order valence-corrected chi connectivity index (χ2v) is 6.71. The lowest BCUT2D eigenvalue weighted by atomic mass is 10.1. The average molecular weight is 337 g/mol. The molecule has 1 aliphatic carbocycles. The van der Waals surface area contributed by atoms with Crippen molar-refractivity contribution in [3.63, 3.8) is 0 Å². The minimum atomic E-state index is 0.587. The van der Waals surface area contributed by atoms with Crippen LogP contribution in [0, 0.1) is 0 Å². The summed E-state index contributed by atoms with van der Waals surface area (Å²) in [4.78, 5) is 2.51. The zero-order chi connectivity index (χ0) is 13.2. The molecule has 2 N–H and O–H groups in total. The fourth-order valence-electron chi connectivity index (χ4n) is 2.31. The van der Waals surface area contributed by atoms with Gasteiger partial charge in [0.2, 0.25) is 0 Å². The minimum Gasteiger partial charge on any atom is -0.364 e. The number of thiophene rings is 1. The Morgan fingerprint density at radius 3 is 2.74 bits per heavy atom. The highest BCUT2D eigenvalue weighted by molar-refractivity contribution is 9.10. The summed E-state index contributed by atoms with van der Waals surface area (Å²) >= 11 is 5.35. The van der Waals surface area contributed by atoms with Crippen LogP contribution in [0.25, 0.3) is 0 Å². The van der Waals surface area contributed by atoms with Crippen LogP contribution in [-0.4, -0.2) is 6.04 Å². The molecule has 0 aliphatic heterocycles. The molecule has 2 nitrogen and oxygen atoms in total. The molecule has 1 saturated carbocycles. The van der Waals surface area contributed by atoms with Crippen LogP contribution in [0.4, 0.5) is 5.69 Å². The number of hydrogen-bond acceptors (Lipinski definition) is 3. The van der Waals surface area contributed by atoms with Crippen LogP contribution in [0.15, 0.2) is 39.5 Å². The van der Waals surface area contributed by atoms with Crippen molar-refractivity contribution in [3.8, 4) is 0 Å². The van der Waals surface area contributed by atoms with Crippen LogP contribution < -0.4 is 10.6 Å². The lowest BCUT2D eigenvalue weighted by Gasteiger charge is -2.25. The summed E-state index contributed by atoms with van der Waals surface area (Å²) in [5, 5.41) is 4.38. The van der Waals surface area contributed by atoms with Crippen LogP contribution in [0.5, 0.6) is 0 Å². The average Bonchev–Trinajstić information content (AvgIpc) is 3.12. The maximum absolute atomic E-state index is 5.78. The molecule has 100 valence electrons. The molecule has 0 amide bonds. The number of nitrogens with two attached hydrogens (primary N) is 1. The number of halogens is 1. The predicted octanol–water partition coefficient (Wildman–Crippen LogP) is 4.14. The highest BCUT2D eigenvalue weighted by atomic mass is 79.9. The summed E-state index contributed by atoms with van der Waals surface area (Å²) < 4.78 is 1.11. The zero-order valence-electron chi connectivity index (χ0n) is 10.7. The molecule has 2 aromatic rings. The van der Waals surface area contributed by atoms with Gasteiger partial charge in [-0.1, -0.05) is 15.9 Å². The van der Waals surface area contributed by atoms with Crippen molar-refractivity contribution in [1.82, 2.24) is 0 Å². The smallest absolute Gasteiger partial charge is 0.0440 e. The summed E-state index contributed by atoms with van der Waals surface area (Å²) in [6.45, 7) is 1.58. The molecule has 0 unspecified atom stereocenters. The first-order chi connectivity index (χ1) is 9.26. The van der Waals surface area contributed by atoms with Gasteiger partial charge in [0.15, 0.2) is 0 Å². The molecule has 0 atom stereocenters. The van der Waals surface area contributed by atoms with Gasteiger partial charge >= 0.3 is 0 Å². The molecule has 1 aliphatic rings. The number of anilines is 1. The number of benzene rings is 1. The monoisotopic (exact) mass is 336 g/mol. The Balaban J connectivity index is 1.89. The predicted molar refractivity (Wildman–Crippen MR) is 85.6 cm³/mol. The maximum Gasteiger partial charge on any atom is 0.0440 e. The standard InChI is InChI=1S/C15H17BrN2S/c16-13-5-12(8-17)6-15(7-13)18(14-1-2-14)9-11-3-4-19-10-11/h3-7,10,14H,1-2,8-9,17H2. The number of hydrogen-bond donors (Lipinski definition) is 1. The minimum absolute atomic E-state index is 0.587. The summed E-state index contributed by atoms with van der Waals surface area (Å²) in [6, 6.07) is 9.42. The van der Waals surface area contributed by atoms with Gasteiger partial charge in [-0.2, -0.15) is 11.3 Å². The lowest BCUT2D eigenvalue weighted by Crippen LogP contribution is -2.25. The van der Waals surface area contributed by atoms with Gasteiger partial charge in [-0.25, -0.2) is 0 Å². The van der Waals surface area contributed by atoms with Crippen molar-refractivity contribution in [2.45, 2.75) is 32.0 Å². The summed E-state index contributed by atoms with van der Waals surface area (Å²) in [5.41, 5.74) is 9.63. The Hall–Kier alpha value is -0.840. The topological polar surface area (TPSA) is 29.3 Å². The van der Waals surface area contributed by atoms with Crippen molar-refractivity contribution in [3.05, 3.63) is 50.6 Å². The second kappa shape index (κ2) is 5.65. The van der Waals surface area contributed by atoms with Gasteiger partial charge in [0.1, 0.15) is 0 Å². The molecule has 0 spiro atoms. The van der Waals surface area contributed by atoms with Crippen LogP contribution in [0.3, 0.4) is 0 Å². The molecule has 1 aromatic carbocycles. The first-order valence-electron chi connectivity index (χ1n) is 6.53. The normalized spacial score (nSPS) is 14.6. The first-order valence-corrected chi connectivity index (χ1v) is 8.27. The highest BCUT2D eigenvalue weighted by Crippen LogP contribution is 2.35. The fourth-order valence-corrected chi connectivity index (χ4v) is 3.50. The summed E-state index contributed by atoms with van der Waals surface area (Å²) in [5.74, 6) is 0. The molecule has 1 heterocycles. The Bertz CT molecular complexity index is 549. The van der Waals surface area contributed by atoms with Crippen LogP contribution in [0.2, 0.25) is 0 Å². The maximum atomic E-state index is 5.78. The van der Waals surface area contributed by atoms with Gasteiger partial charge in [0.25, 0.3) is 0 Å². The van der Waals surface area contributed by atoms with Crippen LogP contribution in [-0.2, 0) is 13.1 Å². The molecule has 0 bridgehead atoms. The van der Waals surface area contributed by atoms with Gasteiger partial charge < -0.3 is 10.6 Å². The molecule has 19 heavy (non-hydrogen) atoms. The Morgan fingerprint density at radius 1 is 1.26 bits per heavy atom. The van der Waals surface area contributed by atoms with E-state index in [-0.39, 0.29) is 0 Å². The van der Waals surface area contributed by atoms with E-state index in [1.165, 1.54) is 29.7 Å². The quantitative estimate of drug-likeness (QED) is 0.889. The molecular weight excluding hydrogens is 320 g/mol. The van der Waals surface area contributed by atoms with E-state index >= 15 is 0 Å². The van der Waals surface area contributed by atoms with E-state index in [1.54, 1.807) is 11.3 Å². The molecule has 1 aromatic heterocycles. The van der Waals surface area contributed by atoms with E-state index in [1.807, 2.05) is 0 Å². The van der Waals surface area contributed by atoms with E-state index in [2.05, 4.69) is 55.9 Å². The molecule has 0 radical (unpaired) electrons. The van der Waals surface area contributed by atoms with Gasteiger partial charge in [0.05, 0.1) is 0 Å². The van der Waals surface area contributed by atoms with Crippen LogP contribution in [0.1, 0.15) is 24.0 Å². The molecule has 1 fully saturated rings. The van der Waals surface area contributed by atoms with Crippen molar-refractivity contribution in [1.29, 1.82) is 0 Å². The van der Waals surface area contributed by atoms with E-state index in [0.29, 0.717) is 12.6 Å². The van der Waals surface area contributed by atoms with E-state index in [0.717, 1.165) is 11.0 Å². The highest BCUT2D eigenvalue weighted by Gasteiger charge is 2.29. The van der Waals surface area contributed by atoms with E-state index < -0.39 is 0 Å². The largest absolute Gasteiger partial charge is 0.364 e. The van der Waals surface area contributed by atoms with E-state index in [4.69, 9.17) is 5.73 Å².